The highest BCUT2D eigenvalue weighted by atomic mass is 79.9. The zero-order valence-corrected chi connectivity index (χ0v) is 14.3. The van der Waals surface area contributed by atoms with Gasteiger partial charge in [-0.05, 0) is 59.1 Å². The summed E-state index contributed by atoms with van der Waals surface area (Å²) in [5.41, 5.74) is 4.76. The van der Waals surface area contributed by atoms with Crippen molar-refractivity contribution in [1.82, 2.24) is 5.43 Å². The Morgan fingerprint density at radius 1 is 1.14 bits per heavy atom. The summed E-state index contributed by atoms with van der Waals surface area (Å²) in [5.74, 6) is 6.56. The maximum absolute atomic E-state index is 6.35. The molecule has 0 fully saturated rings. The number of rotatable bonds is 5. The molecule has 3 N–H and O–H groups in total. The number of benzene rings is 2. The van der Waals surface area contributed by atoms with Crippen molar-refractivity contribution in [3.63, 3.8) is 0 Å². The highest BCUT2D eigenvalue weighted by Crippen LogP contribution is 2.33. The molecule has 0 aromatic heterocycles. The van der Waals surface area contributed by atoms with Gasteiger partial charge in [-0.25, -0.2) is 5.43 Å². The van der Waals surface area contributed by atoms with Crippen LogP contribution in [-0.2, 0) is 0 Å². The predicted octanol–water partition coefficient (Wildman–Crippen LogP) is 4.44. The van der Waals surface area contributed by atoms with Gasteiger partial charge in [0.1, 0.15) is 5.75 Å². The monoisotopic (exact) mass is 368 g/mol. The summed E-state index contributed by atoms with van der Waals surface area (Å²) in [6, 6.07) is 13.5. The number of hydrogen-bond acceptors (Lipinski definition) is 3. The minimum atomic E-state index is -0.178. The van der Waals surface area contributed by atoms with Crippen molar-refractivity contribution in [3.8, 4) is 5.75 Å². The van der Waals surface area contributed by atoms with Crippen LogP contribution in [0.4, 0.5) is 0 Å². The van der Waals surface area contributed by atoms with E-state index in [2.05, 4.69) is 21.4 Å². The summed E-state index contributed by atoms with van der Waals surface area (Å²) >= 11 is 9.78. The maximum Gasteiger partial charge on any atom is 0.119 e. The van der Waals surface area contributed by atoms with Crippen LogP contribution in [0.1, 0.15) is 31.0 Å². The van der Waals surface area contributed by atoms with Crippen molar-refractivity contribution in [2.45, 2.75) is 26.0 Å². The SMILES string of the molecule is CC(C)Oc1ccc(C(NN)c2cccc(Br)c2Cl)cc1. The van der Waals surface area contributed by atoms with Gasteiger partial charge in [0.25, 0.3) is 0 Å². The van der Waals surface area contributed by atoms with E-state index in [9.17, 15) is 0 Å². The van der Waals surface area contributed by atoms with Crippen LogP contribution in [0.25, 0.3) is 0 Å². The Hall–Kier alpha value is -1.07. The predicted molar refractivity (Wildman–Crippen MR) is 90.5 cm³/mol. The quantitative estimate of drug-likeness (QED) is 0.605. The lowest BCUT2D eigenvalue weighted by atomic mass is 9.99. The lowest BCUT2D eigenvalue weighted by molar-refractivity contribution is 0.242. The molecule has 0 spiro atoms. The summed E-state index contributed by atoms with van der Waals surface area (Å²) in [5, 5.41) is 0.656. The fourth-order valence-electron chi connectivity index (χ4n) is 2.12. The molecule has 0 bridgehead atoms. The molecular weight excluding hydrogens is 352 g/mol. The Kier molecular flexibility index (Phi) is 5.65. The molecule has 0 aliphatic rings. The van der Waals surface area contributed by atoms with E-state index in [0.717, 1.165) is 21.3 Å². The van der Waals surface area contributed by atoms with Crippen molar-refractivity contribution in [2.24, 2.45) is 5.84 Å². The van der Waals surface area contributed by atoms with Gasteiger partial charge in [-0.3, -0.25) is 5.84 Å². The molecule has 0 amide bonds. The molecule has 2 aromatic rings. The van der Waals surface area contributed by atoms with Crippen molar-refractivity contribution >= 4 is 27.5 Å². The van der Waals surface area contributed by atoms with Gasteiger partial charge in [0.05, 0.1) is 17.2 Å². The second-order valence-corrected chi connectivity index (χ2v) is 6.21. The molecule has 1 atom stereocenters. The van der Waals surface area contributed by atoms with Gasteiger partial charge in [-0.1, -0.05) is 35.9 Å². The van der Waals surface area contributed by atoms with Crippen LogP contribution in [0, 0.1) is 0 Å². The van der Waals surface area contributed by atoms with Gasteiger partial charge < -0.3 is 4.74 Å². The summed E-state index contributed by atoms with van der Waals surface area (Å²) in [7, 11) is 0. The van der Waals surface area contributed by atoms with Crippen molar-refractivity contribution < 1.29 is 4.74 Å². The number of ether oxygens (including phenoxy) is 1. The van der Waals surface area contributed by atoms with Crippen LogP contribution < -0.4 is 16.0 Å². The molecular formula is C16H18BrClN2O. The largest absolute Gasteiger partial charge is 0.491 e. The Balaban J connectivity index is 2.31. The van der Waals surface area contributed by atoms with E-state index >= 15 is 0 Å². The van der Waals surface area contributed by atoms with E-state index in [1.54, 1.807) is 0 Å². The molecule has 0 aliphatic carbocycles. The van der Waals surface area contributed by atoms with Crippen molar-refractivity contribution in [1.29, 1.82) is 0 Å². The Morgan fingerprint density at radius 2 is 1.81 bits per heavy atom. The second-order valence-electron chi connectivity index (χ2n) is 4.98. The second kappa shape index (κ2) is 7.27. The molecule has 0 radical (unpaired) electrons. The van der Waals surface area contributed by atoms with Gasteiger partial charge in [0.15, 0.2) is 0 Å². The average molecular weight is 370 g/mol. The molecule has 5 heteroatoms. The third-order valence-electron chi connectivity index (χ3n) is 3.04. The minimum absolute atomic E-state index is 0.152. The van der Waals surface area contributed by atoms with Crippen molar-refractivity contribution in [2.75, 3.05) is 0 Å². The van der Waals surface area contributed by atoms with Gasteiger partial charge in [0.2, 0.25) is 0 Å². The number of hydrogen-bond donors (Lipinski definition) is 2. The Bertz CT molecular complexity index is 602. The van der Waals surface area contributed by atoms with E-state index in [0.29, 0.717) is 5.02 Å². The van der Waals surface area contributed by atoms with Gasteiger partial charge in [0, 0.05) is 4.47 Å². The summed E-state index contributed by atoms with van der Waals surface area (Å²) < 4.78 is 6.49. The van der Waals surface area contributed by atoms with Gasteiger partial charge in [-0.2, -0.15) is 0 Å². The van der Waals surface area contributed by atoms with Crippen LogP contribution in [0.2, 0.25) is 5.02 Å². The van der Waals surface area contributed by atoms with Crippen LogP contribution >= 0.6 is 27.5 Å². The fraction of sp³-hybridized carbons (Fsp3) is 0.250. The number of nitrogens with two attached hydrogens (primary N) is 1. The van der Waals surface area contributed by atoms with E-state index in [4.69, 9.17) is 22.2 Å². The zero-order valence-electron chi connectivity index (χ0n) is 11.9. The van der Waals surface area contributed by atoms with Crippen LogP contribution in [0.3, 0.4) is 0 Å². The molecule has 1 unspecified atom stereocenters. The highest BCUT2D eigenvalue weighted by molar-refractivity contribution is 9.10. The summed E-state index contributed by atoms with van der Waals surface area (Å²) in [6.45, 7) is 4.00. The topological polar surface area (TPSA) is 47.3 Å². The van der Waals surface area contributed by atoms with Crippen LogP contribution in [-0.4, -0.2) is 6.10 Å². The first-order valence-corrected chi connectivity index (χ1v) is 7.86. The lowest BCUT2D eigenvalue weighted by Crippen LogP contribution is -2.29. The number of hydrazine groups is 1. The molecule has 2 aromatic carbocycles. The number of halogens is 2. The molecule has 0 saturated carbocycles. The first-order chi connectivity index (χ1) is 10.0. The molecule has 112 valence electrons. The summed E-state index contributed by atoms with van der Waals surface area (Å²) in [6.07, 6.45) is 0.152. The minimum Gasteiger partial charge on any atom is -0.491 e. The fourth-order valence-corrected chi connectivity index (χ4v) is 2.74. The molecule has 0 aliphatic heterocycles. The first kappa shape index (κ1) is 16.3. The first-order valence-electron chi connectivity index (χ1n) is 6.69. The van der Waals surface area contributed by atoms with Crippen LogP contribution in [0.5, 0.6) is 5.75 Å². The Morgan fingerprint density at radius 3 is 2.38 bits per heavy atom. The van der Waals surface area contributed by atoms with E-state index in [-0.39, 0.29) is 12.1 Å². The molecule has 21 heavy (non-hydrogen) atoms. The zero-order chi connectivity index (χ0) is 15.4. The third kappa shape index (κ3) is 3.98. The molecule has 2 rings (SSSR count). The highest BCUT2D eigenvalue weighted by Gasteiger charge is 2.17. The molecule has 0 saturated heterocycles. The smallest absolute Gasteiger partial charge is 0.119 e. The van der Waals surface area contributed by atoms with E-state index in [1.165, 1.54) is 0 Å². The average Bonchev–Trinajstić information content (AvgIpc) is 2.45. The van der Waals surface area contributed by atoms with Gasteiger partial charge >= 0.3 is 0 Å². The third-order valence-corrected chi connectivity index (χ3v) is 4.36. The van der Waals surface area contributed by atoms with E-state index in [1.807, 2.05) is 56.3 Å². The van der Waals surface area contributed by atoms with Crippen LogP contribution in [0.15, 0.2) is 46.9 Å². The maximum atomic E-state index is 6.35. The van der Waals surface area contributed by atoms with E-state index < -0.39 is 0 Å². The lowest BCUT2D eigenvalue weighted by Gasteiger charge is -2.19. The Labute approximate surface area is 138 Å². The molecule has 3 nitrogen and oxygen atoms in total. The van der Waals surface area contributed by atoms with Crippen molar-refractivity contribution in [3.05, 3.63) is 63.1 Å². The molecule has 0 heterocycles. The van der Waals surface area contributed by atoms with Gasteiger partial charge in [-0.15, -0.1) is 0 Å². The number of nitrogens with one attached hydrogen (secondary N) is 1. The normalized spacial score (nSPS) is 12.5. The summed E-state index contributed by atoms with van der Waals surface area (Å²) in [4.78, 5) is 0. The standard InChI is InChI=1S/C16H18BrClN2O/c1-10(2)21-12-8-6-11(7-9-12)16(20-19)13-4-3-5-14(17)15(13)18/h3-10,16,20H,19H2,1-2H3.